The van der Waals surface area contributed by atoms with E-state index in [1.54, 1.807) is 4.31 Å². The van der Waals surface area contributed by atoms with Gasteiger partial charge in [0.1, 0.15) is 0 Å². The van der Waals surface area contributed by atoms with E-state index in [0.29, 0.717) is 30.0 Å². The second kappa shape index (κ2) is 9.24. The molecule has 1 atom stereocenters. The molecule has 0 N–H and O–H groups in total. The molecule has 6 heteroatoms. The molecule has 1 saturated carbocycles. The highest BCUT2D eigenvalue weighted by Crippen LogP contribution is 2.33. The van der Waals surface area contributed by atoms with Crippen molar-refractivity contribution >= 4 is 10.0 Å². The van der Waals surface area contributed by atoms with E-state index in [2.05, 4.69) is 4.90 Å². The van der Waals surface area contributed by atoms with E-state index in [0.717, 1.165) is 45.5 Å². The van der Waals surface area contributed by atoms with Gasteiger partial charge in [0.2, 0.25) is 10.0 Å². The van der Waals surface area contributed by atoms with Crippen molar-refractivity contribution in [2.75, 3.05) is 39.3 Å². The summed E-state index contributed by atoms with van der Waals surface area (Å²) >= 11 is 0. The van der Waals surface area contributed by atoms with Crippen LogP contribution in [0.5, 0.6) is 0 Å². The quantitative estimate of drug-likeness (QED) is 0.750. The van der Waals surface area contributed by atoms with Crippen LogP contribution in [0.2, 0.25) is 0 Å². The van der Waals surface area contributed by atoms with Crippen molar-refractivity contribution in [1.29, 1.82) is 0 Å². The topological polar surface area (TPSA) is 49.9 Å². The van der Waals surface area contributed by atoms with Crippen molar-refractivity contribution in [2.24, 2.45) is 0 Å². The number of sulfonamides is 1. The highest BCUT2D eigenvalue weighted by atomic mass is 32.2. The summed E-state index contributed by atoms with van der Waals surface area (Å²) in [6.45, 7) is 4.72. The molecule has 2 saturated heterocycles. The molecule has 4 rings (SSSR count). The molecule has 1 aromatic rings. The van der Waals surface area contributed by atoms with E-state index >= 15 is 0 Å². The predicted molar refractivity (Wildman–Crippen MR) is 111 cm³/mol. The van der Waals surface area contributed by atoms with E-state index in [1.165, 1.54) is 37.7 Å². The second-order valence-electron chi connectivity index (χ2n) is 8.60. The monoisotopic (exact) mass is 406 g/mol. The minimum atomic E-state index is -3.41. The maximum Gasteiger partial charge on any atom is 0.243 e. The second-order valence-corrected chi connectivity index (χ2v) is 10.5. The lowest BCUT2D eigenvalue weighted by atomic mass is 9.84. The average molecular weight is 407 g/mol. The lowest BCUT2D eigenvalue weighted by molar-refractivity contribution is 0.0749. The van der Waals surface area contributed by atoms with Gasteiger partial charge in [0.05, 0.1) is 11.0 Å². The third-order valence-electron chi connectivity index (χ3n) is 6.63. The van der Waals surface area contributed by atoms with Gasteiger partial charge in [-0.2, -0.15) is 4.31 Å². The molecule has 156 valence electrons. The molecule has 5 nitrogen and oxygen atoms in total. The van der Waals surface area contributed by atoms with Gasteiger partial charge in [-0.15, -0.1) is 0 Å². The van der Waals surface area contributed by atoms with Crippen LogP contribution in [0, 0.1) is 0 Å². The van der Waals surface area contributed by atoms with Crippen LogP contribution < -0.4 is 0 Å². The summed E-state index contributed by atoms with van der Waals surface area (Å²) in [6.07, 6.45) is 9.88. The van der Waals surface area contributed by atoms with Gasteiger partial charge in [0, 0.05) is 32.8 Å². The summed E-state index contributed by atoms with van der Waals surface area (Å²) in [5.74, 6) is 0.607. The standard InChI is InChI=1S/C22H34N2O3S/c25-28(26,22-11-9-20(10-12-22)19-6-2-1-3-7-19)24-14-5-13-23(15-16-24)18-21-8-4-17-27-21/h9-12,19,21H,1-8,13-18H2/t21-/m1/s1. The van der Waals surface area contributed by atoms with Crippen LogP contribution in [-0.4, -0.2) is 63.1 Å². The van der Waals surface area contributed by atoms with Crippen LogP contribution in [0.25, 0.3) is 0 Å². The van der Waals surface area contributed by atoms with Crippen LogP contribution in [0.15, 0.2) is 29.2 Å². The van der Waals surface area contributed by atoms with E-state index in [1.807, 2.05) is 24.3 Å². The molecular weight excluding hydrogens is 372 g/mol. The molecule has 0 spiro atoms. The first kappa shape index (κ1) is 20.3. The lowest BCUT2D eigenvalue weighted by Gasteiger charge is -2.24. The molecule has 0 unspecified atom stereocenters. The third-order valence-corrected chi connectivity index (χ3v) is 8.54. The smallest absolute Gasteiger partial charge is 0.243 e. The number of hydrogen-bond donors (Lipinski definition) is 0. The largest absolute Gasteiger partial charge is 0.377 e. The molecule has 0 radical (unpaired) electrons. The Labute approximate surface area is 170 Å². The van der Waals surface area contributed by atoms with Crippen LogP contribution in [0.1, 0.15) is 62.8 Å². The van der Waals surface area contributed by atoms with Gasteiger partial charge >= 0.3 is 0 Å². The third kappa shape index (κ3) is 4.78. The first-order valence-electron chi connectivity index (χ1n) is 11.1. The van der Waals surface area contributed by atoms with Gasteiger partial charge in [-0.25, -0.2) is 8.42 Å². The number of hydrogen-bond acceptors (Lipinski definition) is 4. The first-order valence-corrected chi connectivity index (χ1v) is 12.5. The number of ether oxygens (including phenoxy) is 1. The Balaban J connectivity index is 1.38. The molecule has 3 aliphatic rings. The predicted octanol–water partition coefficient (Wildman–Crippen LogP) is 3.61. The van der Waals surface area contributed by atoms with Crippen molar-refractivity contribution in [3.63, 3.8) is 0 Å². The Kier molecular flexibility index (Phi) is 6.71. The summed E-state index contributed by atoms with van der Waals surface area (Å²) in [5, 5.41) is 0. The lowest BCUT2D eigenvalue weighted by Crippen LogP contribution is -2.37. The average Bonchev–Trinajstić information content (AvgIpc) is 3.12. The summed E-state index contributed by atoms with van der Waals surface area (Å²) in [6, 6.07) is 7.75. The Morgan fingerprint density at radius 3 is 2.36 bits per heavy atom. The van der Waals surface area contributed by atoms with Crippen molar-refractivity contribution in [3.8, 4) is 0 Å². The van der Waals surface area contributed by atoms with Crippen LogP contribution in [-0.2, 0) is 14.8 Å². The fourth-order valence-electron chi connectivity index (χ4n) is 4.94. The molecule has 2 heterocycles. The van der Waals surface area contributed by atoms with Crippen LogP contribution in [0.3, 0.4) is 0 Å². The Morgan fingerprint density at radius 1 is 0.857 bits per heavy atom. The summed E-state index contributed by atoms with van der Waals surface area (Å²) in [7, 11) is -3.41. The molecule has 3 fully saturated rings. The zero-order valence-corrected chi connectivity index (χ0v) is 17.7. The van der Waals surface area contributed by atoms with Gasteiger partial charge in [0.25, 0.3) is 0 Å². The fourth-order valence-corrected chi connectivity index (χ4v) is 6.41. The Morgan fingerprint density at radius 2 is 1.64 bits per heavy atom. The number of benzene rings is 1. The summed E-state index contributed by atoms with van der Waals surface area (Å²) in [5.41, 5.74) is 1.30. The van der Waals surface area contributed by atoms with E-state index in [-0.39, 0.29) is 0 Å². The highest BCUT2D eigenvalue weighted by molar-refractivity contribution is 7.89. The minimum Gasteiger partial charge on any atom is -0.377 e. The molecule has 1 aromatic carbocycles. The van der Waals surface area contributed by atoms with Gasteiger partial charge in [-0.3, -0.25) is 4.90 Å². The normalized spacial score (nSPS) is 26.4. The molecule has 1 aliphatic carbocycles. The van der Waals surface area contributed by atoms with Gasteiger partial charge < -0.3 is 4.74 Å². The SMILES string of the molecule is O=S(=O)(c1ccc(C2CCCCC2)cc1)N1CCCN(C[C@H]2CCCO2)CC1. The van der Waals surface area contributed by atoms with Crippen molar-refractivity contribution < 1.29 is 13.2 Å². The van der Waals surface area contributed by atoms with Crippen LogP contribution >= 0.6 is 0 Å². The van der Waals surface area contributed by atoms with Gasteiger partial charge in [0.15, 0.2) is 0 Å². The maximum absolute atomic E-state index is 13.2. The molecule has 0 aromatic heterocycles. The maximum atomic E-state index is 13.2. The Hall–Kier alpha value is -0.950. The minimum absolute atomic E-state index is 0.329. The molecule has 0 amide bonds. The van der Waals surface area contributed by atoms with Gasteiger partial charge in [-0.05, 0) is 62.3 Å². The number of nitrogens with zero attached hydrogens (tertiary/aromatic N) is 2. The van der Waals surface area contributed by atoms with Crippen LogP contribution in [0.4, 0.5) is 0 Å². The number of rotatable bonds is 5. The molecule has 28 heavy (non-hydrogen) atoms. The highest BCUT2D eigenvalue weighted by Gasteiger charge is 2.28. The van der Waals surface area contributed by atoms with E-state index in [9.17, 15) is 8.42 Å². The van der Waals surface area contributed by atoms with Gasteiger partial charge in [-0.1, -0.05) is 31.4 Å². The van der Waals surface area contributed by atoms with Crippen molar-refractivity contribution in [3.05, 3.63) is 29.8 Å². The molecule has 0 bridgehead atoms. The van der Waals surface area contributed by atoms with Crippen molar-refractivity contribution in [1.82, 2.24) is 9.21 Å². The summed E-state index contributed by atoms with van der Waals surface area (Å²) < 4.78 is 33.7. The van der Waals surface area contributed by atoms with E-state index < -0.39 is 10.0 Å². The molecular formula is C22H34N2O3S. The fraction of sp³-hybridized carbons (Fsp3) is 0.727. The first-order chi connectivity index (χ1) is 13.6. The van der Waals surface area contributed by atoms with Crippen molar-refractivity contribution in [2.45, 2.75) is 68.3 Å². The zero-order valence-electron chi connectivity index (χ0n) is 16.9. The molecule has 2 aliphatic heterocycles. The summed E-state index contributed by atoms with van der Waals surface area (Å²) in [4.78, 5) is 2.82. The Bertz CT molecular complexity index is 723. The van der Waals surface area contributed by atoms with E-state index in [4.69, 9.17) is 4.74 Å². The zero-order chi connectivity index (χ0) is 19.4.